The zero-order chi connectivity index (χ0) is 23.4. The first-order valence-electron chi connectivity index (χ1n) is 11.7. The number of carbonyl (C=O) groups is 1. The number of furan rings is 1. The SMILES string of the molecule is COc1ccc(C(=O)NC[C@H](c2ccco2)N2CCCC2)cc1S(=O)(=O)N1CCCC[C@H]1C. The van der Waals surface area contributed by atoms with E-state index in [1.165, 1.54) is 17.5 Å². The number of ether oxygens (including phenoxy) is 1. The Bertz CT molecular complexity index is 1050. The molecule has 3 heterocycles. The smallest absolute Gasteiger partial charge is 0.251 e. The van der Waals surface area contributed by atoms with Gasteiger partial charge in [-0.2, -0.15) is 4.31 Å². The first-order chi connectivity index (χ1) is 15.9. The van der Waals surface area contributed by atoms with Gasteiger partial charge in [0.1, 0.15) is 16.4 Å². The van der Waals surface area contributed by atoms with E-state index >= 15 is 0 Å². The molecule has 2 aliphatic heterocycles. The van der Waals surface area contributed by atoms with Gasteiger partial charge in [0, 0.05) is 24.7 Å². The van der Waals surface area contributed by atoms with Crippen molar-refractivity contribution in [1.29, 1.82) is 0 Å². The van der Waals surface area contributed by atoms with E-state index in [4.69, 9.17) is 9.15 Å². The average Bonchev–Trinajstić information content (AvgIpc) is 3.54. The number of benzene rings is 1. The molecule has 1 aromatic heterocycles. The van der Waals surface area contributed by atoms with Gasteiger partial charge in [0.05, 0.1) is 19.4 Å². The summed E-state index contributed by atoms with van der Waals surface area (Å²) in [5.74, 6) is 0.737. The van der Waals surface area contributed by atoms with Crippen molar-refractivity contribution in [1.82, 2.24) is 14.5 Å². The molecular formula is C24H33N3O5S. The predicted molar refractivity (Wildman–Crippen MR) is 125 cm³/mol. The second-order valence-electron chi connectivity index (χ2n) is 8.81. The summed E-state index contributed by atoms with van der Waals surface area (Å²) in [4.78, 5) is 15.4. The largest absolute Gasteiger partial charge is 0.495 e. The molecule has 0 bridgehead atoms. The molecule has 2 aliphatic rings. The summed E-state index contributed by atoms with van der Waals surface area (Å²) in [6, 6.07) is 8.23. The Morgan fingerprint density at radius 3 is 2.61 bits per heavy atom. The van der Waals surface area contributed by atoms with Crippen molar-refractivity contribution < 1.29 is 22.4 Å². The van der Waals surface area contributed by atoms with Crippen LogP contribution in [0.25, 0.3) is 0 Å². The van der Waals surface area contributed by atoms with Gasteiger partial charge in [-0.05, 0) is 76.0 Å². The van der Waals surface area contributed by atoms with Crippen LogP contribution in [-0.2, 0) is 10.0 Å². The number of carbonyl (C=O) groups excluding carboxylic acids is 1. The number of hydrogen-bond donors (Lipinski definition) is 1. The van der Waals surface area contributed by atoms with Crippen LogP contribution in [0.5, 0.6) is 5.75 Å². The second kappa shape index (κ2) is 10.3. The Balaban J connectivity index is 1.54. The van der Waals surface area contributed by atoms with E-state index in [2.05, 4.69) is 10.2 Å². The van der Waals surface area contributed by atoms with Crippen molar-refractivity contribution in [3.8, 4) is 5.75 Å². The Morgan fingerprint density at radius 2 is 1.94 bits per heavy atom. The standard InChI is InChI=1S/C24H33N3O5S/c1-18-8-3-4-14-27(18)33(29,30)23-16-19(10-11-22(23)31-2)24(28)25-17-20(21-9-7-15-32-21)26-12-5-6-13-26/h7,9-11,15-16,18,20H,3-6,8,12-14,17H2,1-2H3,(H,25,28)/t18-,20-/m1/s1. The highest BCUT2D eigenvalue weighted by Crippen LogP contribution is 2.32. The molecule has 2 atom stereocenters. The molecular weight excluding hydrogens is 442 g/mol. The van der Waals surface area contributed by atoms with Crippen molar-refractivity contribution in [2.24, 2.45) is 0 Å². The van der Waals surface area contributed by atoms with Crippen LogP contribution < -0.4 is 10.1 Å². The van der Waals surface area contributed by atoms with E-state index < -0.39 is 10.0 Å². The predicted octanol–water partition coefficient (Wildman–Crippen LogP) is 3.42. The van der Waals surface area contributed by atoms with E-state index in [9.17, 15) is 13.2 Å². The van der Waals surface area contributed by atoms with Crippen molar-refractivity contribution in [3.63, 3.8) is 0 Å². The molecule has 2 aromatic rings. The van der Waals surface area contributed by atoms with Gasteiger partial charge in [-0.15, -0.1) is 0 Å². The lowest BCUT2D eigenvalue weighted by Gasteiger charge is -2.32. The topological polar surface area (TPSA) is 92.1 Å². The molecule has 1 N–H and O–H groups in total. The van der Waals surface area contributed by atoms with E-state index in [1.807, 2.05) is 19.1 Å². The molecule has 2 fully saturated rings. The molecule has 180 valence electrons. The Kier molecular flexibility index (Phi) is 7.41. The summed E-state index contributed by atoms with van der Waals surface area (Å²) >= 11 is 0. The molecule has 1 aromatic carbocycles. The van der Waals surface area contributed by atoms with Gasteiger partial charge in [-0.25, -0.2) is 8.42 Å². The van der Waals surface area contributed by atoms with Crippen molar-refractivity contribution in [3.05, 3.63) is 47.9 Å². The number of methoxy groups -OCH3 is 1. The summed E-state index contributed by atoms with van der Waals surface area (Å²) < 4.78 is 39.4. The number of nitrogens with one attached hydrogen (secondary N) is 1. The summed E-state index contributed by atoms with van der Waals surface area (Å²) in [5.41, 5.74) is 0.290. The summed E-state index contributed by atoms with van der Waals surface area (Å²) in [5, 5.41) is 2.98. The van der Waals surface area contributed by atoms with Gasteiger partial charge in [-0.1, -0.05) is 6.42 Å². The van der Waals surface area contributed by atoms with E-state index in [0.29, 0.717) is 18.7 Å². The lowest BCUT2D eigenvalue weighted by atomic mass is 10.1. The highest BCUT2D eigenvalue weighted by molar-refractivity contribution is 7.89. The van der Waals surface area contributed by atoms with Crippen molar-refractivity contribution in [2.75, 3.05) is 33.3 Å². The second-order valence-corrected chi connectivity index (χ2v) is 10.7. The summed E-state index contributed by atoms with van der Waals surface area (Å²) in [6.07, 6.45) is 6.56. The highest BCUT2D eigenvalue weighted by atomic mass is 32.2. The van der Waals surface area contributed by atoms with Crippen LogP contribution in [-0.4, -0.2) is 62.9 Å². The van der Waals surface area contributed by atoms with Crippen LogP contribution in [0.4, 0.5) is 0 Å². The molecule has 4 rings (SSSR count). The molecule has 0 aliphatic carbocycles. The van der Waals surface area contributed by atoms with Crippen LogP contribution in [0, 0.1) is 0 Å². The van der Waals surface area contributed by atoms with Crippen LogP contribution in [0.3, 0.4) is 0 Å². The first-order valence-corrected chi connectivity index (χ1v) is 13.1. The molecule has 9 heteroatoms. The lowest BCUT2D eigenvalue weighted by molar-refractivity contribution is 0.0933. The molecule has 1 amide bonds. The Morgan fingerprint density at radius 1 is 1.18 bits per heavy atom. The maximum atomic E-state index is 13.4. The third-order valence-corrected chi connectivity index (χ3v) is 8.70. The number of hydrogen-bond acceptors (Lipinski definition) is 6. The van der Waals surface area contributed by atoms with E-state index in [1.54, 1.807) is 18.4 Å². The minimum atomic E-state index is -3.78. The Labute approximate surface area is 195 Å². The minimum absolute atomic E-state index is 0.0357. The van der Waals surface area contributed by atoms with Crippen LogP contribution in [0.15, 0.2) is 45.9 Å². The third kappa shape index (κ3) is 5.10. The number of likely N-dealkylation sites (tertiary alicyclic amines) is 1. The van der Waals surface area contributed by atoms with E-state index in [0.717, 1.165) is 51.0 Å². The quantitative estimate of drug-likeness (QED) is 0.629. The fourth-order valence-corrected chi connectivity index (χ4v) is 6.69. The number of amides is 1. The minimum Gasteiger partial charge on any atom is -0.495 e. The molecule has 2 saturated heterocycles. The van der Waals surface area contributed by atoms with Crippen LogP contribution in [0.2, 0.25) is 0 Å². The number of nitrogens with zero attached hydrogens (tertiary/aromatic N) is 2. The lowest BCUT2D eigenvalue weighted by Crippen LogP contribution is -2.42. The van der Waals surface area contributed by atoms with Crippen LogP contribution in [0.1, 0.15) is 61.2 Å². The first kappa shape index (κ1) is 23.8. The third-order valence-electron chi connectivity index (χ3n) is 6.66. The monoisotopic (exact) mass is 475 g/mol. The molecule has 0 unspecified atom stereocenters. The van der Waals surface area contributed by atoms with Gasteiger partial charge < -0.3 is 14.5 Å². The maximum Gasteiger partial charge on any atom is 0.251 e. The average molecular weight is 476 g/mol. The normalized spacial score (nSPS) is 21.1. The van der Waals surface area contributed by atoms with E-state index in [-0.39, 0.29) is 28.6 Å². The fourth-order valence-electron chi connectivity index (χ4n) is 4.81. The van der Waals surface area contributed by atoms with Crippen LogP contribution >= 0.6 is 0 Å². The Hall–Kier alpha value is -2.36. The van der Waals surface area contributed by atoms with Gasteiger partial charge in [0.2, 0.25) is 10.0 Å². The van der Waals surface area contributed by atoms with Gasteiger partial charge in [0.15, 0.2) is 0 Å². The zero-order valence-electron chi connectivity index (χ0n) is 19.3. The number of sulfonamides is 1. The van der Waals surface area contributed by atoms with Gasteiger partial charge in [0.25, 0.3) is 5.91 Å². The highest BCUT2D eigenvalue weighted by Gasteiger charge is 2.34. The number of piperidine rings is 1. The van der Waals surface area contributed by atoms with Gasteiger partial charge in [-0.3, -0.25) is 9.69 Å². The maximum absolute atomic E-state index is 13.4. The van der Waals surface area contributed by atoms with Gasteiger partial charge >= 0.3 is 0 Å². The summed E-state index contributed by atoms with van der Waals surface area (Å²) in [6.45, 7) is 4.70. The fraction of sp³-hybridized carbons (Fsp3) is 0.542. The summed E-state index contributed by atoms with van der Waals surface area (Å²) in [7, 11) is -2.34. The molecule has 0 spiro atoms. The number of rotatable bonds is 8. The van der Waals surface area contributed by atoms with Crippen molar-refractivity contribution >= 4 is 15.9 Å². The molecule has 0 saturated carbocycles. The molecule has 33 heavy (non-hydrogen) atoms. The van der Waals surface area contributed by atoms with Crippen molar-refractivity contribution in [2.45, 2.75) is 56.0 Å². The molecule has 0 radical (unpaired) electrons. The molecule has 8 nitrogen and oxygen atoms in total. The zero-order valence-corrected chi connectivity index (χ0v) is 20.1.